The molecule has 1 aromatic heterocycles. The summed E-state index contributed by atoms with van der Waals surface area (Å²) in [5, 5.41) is 3.22. The second-order valence-electron chi connectivity index (χ2n) is 4.24. The molecule has 0 saturated carbocycles. The molecular weight excluding hydrogens is 233 g/mol. The number of hydrogen-bond acceptors (Lipinski definition) is 3. The molecule has 0 amide bonds. The van der Waals surface area contributed by atoms with Gasteiger partial charge >= 0.3 is 0 Å². The van der Waals surface area contributed by atoms with Crippen LogP contribution >= 0.6 is 0 Å². The molecule has 0 saturated heterocycles. The molecule has 0 spiro atoms. The van der Waals surface area contributed by atoms with Gasteiger partial charge in [0.05, 0.1) is 12.8 Å². The van der Waals surface area contributed by atoms with Gasteiger partial charge in [0, 0.05) is 24.5 Å². The van der Waals surface area contributed by atoms with Crippen molar-refractivity contribution < 1.29 is 9.13 Å². The van der Waals surface area contributed by atoms with Crippen LogP contribution in [0.5, 0.6) is 5.75 Å². The lowest BCUT2D eigenvalue weighted by Gasteiger charge is -2.13. The maximum atomic E-state index is 13.4. The Morgan fingerprint density at radius 3 is 2.83 bits per heavy atom. The van der Waals surface area contributed by atoms with Gasteiger partial charge < -0.3 is 10.1 Å². The molecular formula is C13H16FN3O. The molecule has 96 valence electrons. The molecule has 18 heavy (non-hydrogen) atoms. The first-order valence-electron chi connectivity index (χ1n) is 5.75. The largest absolute Gasteiger partial charge is 0.494 e. The Hall–Kier alpha value is -2.04. The standard InChI is InChI=1S/C13H16FN3O/c1-9(2)16-13-15-6-7-17(13)10-4-5-11(14)12(8-10)18-3/h4-9H,1-3H3,(H,15,16). The minimum Gasteiger partial charge on any atom is -0.494 e. The van der Waals surface area contributed by atoms with E-state index in [0.717, 1.165) is 11.6 Å². The van der Waals surface area contributed by atoms with Crippen LogP contribution in [0.3, 0.4) is 0 Å². The van der Waals surface area contributed by atoms with Gasteiger partial charge in [0.2, 0.25) is 5.95 Å². The molecule has 1 N–H and O–H groups in total. The fraction of sp³-hybridized carbons (Fsp3) is 0.308. The molecule has 5 heteroatoms. The average molecular weight is 249 g/mol. The summed E-state index contributed by atoms with van der Waals surface area (Å²) in [5.41, 5.74) is 0.800. The summed E-state index contributed by atoms with van der Waals surface area (Å²) < 4.78 is 20.2. The van der Waals surface area contributed by atoms with Gasteiger partial charge in [0.1, 0.15) is 0 Å². The van der Waals surface area contributed by atoms with Crippen molar-refractivity contribution in [3.05, 3.63) is 36.4 Å². The molecule has 0 aliphatic rings. The highest BCUT2D eigenvalue weighted by molar-refractivity contribution is 5.46. The molecule has 0 atom stereocenters. The van der Waals surface area contributed by atoms with E-state index in [4.69, 9.17) is 4.74 Å². The van der Waals surface area contributed by atoms with Gasteiger partial charge in [0.15, 0.2) is 11.6 Å². The van der Waals surface area contributed by atoms with Crippen molar-refractivity contribution in [2.24, 2.45) is 0 Å². The summed E-state index contributed by atoms with van der Waals surface area (Å²) in [6.45, 7) is 4.06. The van der Waals surface area contributed by atoms with Crippen LogP contribution in [-0.2, 0) is 0 Å². The highest BCUT2D eigenvalue weighted by Gasteiger charge is 2.09. The number of anilines is 1. The van der Waals surface area contributed by atoms with Crippen LogP contribution in [-0.4, -0.2) is 22.7 Å². The molecule has 1 aromatic carbocycles. The highest BCUT2D eigenvalue weighted by Crippen LogP contribution is 2.23. The number of nitrogens with zero attached hydrogens (tertiary/aromatic N) is 2. The Labute approximate surface area is 105 Å². The SMILES string of the molecule is COc1cc(-n2ccnc2NC(C)C)ccc1F. The monoisotopic (exact) mass is 249 g/mol. The number of benzene rings is 1. The second-order valence-corrected chi connectivity index (χ2v) is 4.24. The number of ether oxygens (including phenoxy) is 1. The van der Waals surface area contributed by atoms with E-state index >= 15 is 0 Å². The number of rotatable bonds is 4. The first kappa shape index (κ1) is 12.4. The van der Waals surface area contributed by atoms with Crippen LogP contribution in [0.1, 0.15) is 13.8 Å². The lowest BCUT2D eigenvalue weighted by atomic mass is 10.3. The highest BCUT2D eigenvalue weighted by atomic mass is 19.1. The summed E-state index contributed by atoms with van der Waals surface area (Å²) >= 11 is 0. The molecule has 1 heterocycles. The Kier molecular flexibility index (Phi) is 3.50. The molecule has 2 aromatic rings. The summed E-state index contributed by atoms with van der Waals surface area (Å²) in [7, 11) is 1.45. The van der Waals surface area contributed by atoms with E-state index < -0.39 is 0 Å². The van der Waals surface area contributed by atoms with E-state index in [-0.39, 0.29) is 17.6 Å². The lowest BCUT2D eigenvalue weighted by Crippen LogP contribution is -2.13. The van der Waals surface area contributed by atoms with Gasteiger partial charge in [-0.1, -0.05) is 0 Å². The maximum Gasteiger partial charge on any atom is 0.207 e. The molecule has 0 aliphatic heterocycles. The topological polar surface area (TPSA) is 39.1 Å². The second kappa shape index (κ2) is 5.08. The minimum absolute atomic E-state index is 0.219. The Morgan fingerprint density at radius 1 is 1.39 bits per heavy atom. The summed E-state index contributed by atoms with van der Waals surface area (Å²) in [6.07, 6.45) is 3.51. The summed E-state index contributed by atoms with van der Waals surface area (Å²) in [5.74, 6) is 0.565. The Balaban J connectivity index is 2.39. The van der Waals surface area contributed by atoms with E-state index in [1.165, 1.54) is 13.2 Å². The van der Waals surface area contributed by atoms with Crippen LogP contribution in [0.2, 0.25) is 0 Å². The lowest BCUT2D eigenvalue weighted by molar-refractivity contribution is 0.386. The van der Waals surface area contributed by atoms with Gasteiger partial charge in [0.25, 0.3) is 0 Å². The third kappa shape index (κ3) is 2.45. The molecule has 0 unspecified atom stereocenters. The van der Waals surface area contributed by atoms with Crippen LogP contribution in [0.15, 0.2) is 30.6 Å². The fourth-order valence-corrected chi connectivity index (χ4v) is 1.68. The van der Waals surface area contributed by atoms with E-state index in [1.54, 1.807) is 18.3 Å². The van der Waals surface area contributed by atoms with Crippen molar-refractivity contribution >= 4 is 5.95 Å². The van der Waals surface area contributed by atoms with E-state index in [1.807, 2.05) is 24.6 Å². The number of methoxy groups -OCH3 is 1. The molecule has 0 bridgehead atoms. The van der Waals surface area contributed by atoms with Crippen molar-refractivity contribution in [3.8, 4) is 11.4 Å². The maximum absolute atomic E-state index is 13.4. The van der Waals surface area contributed by atoms with E-state index in [9.17, 15) is 4.39 Å². The Bertz CT molecular complexity index is 537. The van der Waals surface area contributed by atoms with Crippen LogP contribution in [0, 0.1) is 5.82 Å². The first-order valence-corrected chi connectivity index (χ1v) is 5.75. The molecule has 2 rings (SSSR count). The van der Waals surface area contributed by atoms with Gasteiger partial charge in [-0.25, -0.2) is 9.37 Å². The zero-order valence-corrected chi connectivity index (χ0v) is 10.6. The number of imidazole rings is 1. The van der Waals surface area contributed by atoms with Crippen molar-refractivity contribution in [1.82, 2.24) is 9.55 Å². The number of nitrogens with one attached hydrogen (secondary N) is 1. The molecule has 0 aliphatic carbocycles. The van der Waals surface area contributed by atoms with Crippen molar-refractivity contribution in [3.63, 3.8) is 0 Å². The first-order chi connectivity index (χ1) is 8.61. The smallest absolute Gasteiger partial charge is 0.207 e. The van der Waals surface area contributed by atoms with E-state index in [0.29, 0.717) is 0 Å². The normalized spacial score (nSPS) is 10.7. The molecule has 0 radical (unpaired) electrons. The molecule has 4 nitrogen and oxygen atoms in total. The van der Waals surface area contributed by atoms with E-state index in [2.05, 4.69) is 10.3 Å². The summed E-state index contributed by atoms with van der Waals surface area (Å²) in [6, 6.07) is 4.98. The number of halogens is 1. The van der Waals surface area contributed by atoms with Gasteiger partial charge in [-0.3, -0.25) is 4.57 Å². The minimum atomic E-state index is -0.375. The predicted molar refractivity (Wildman–Crippen MR) is 68.8 cm³/mol. The average Bonchev–Trinajstić information content (AvgIpc) is 2.77. The van der Waals surface area contributed by atoms with Crippen molar-refractivity contribution in [2.45, 2.75) is 19.9 Å². The predicted octanol–water partition coefficient (Wildman–Crippen LogP) is 2.84. The van der Waals surface area contributed by atoms with Gasteiger partial charge in [-0.05, 0) is 26.0 Å². The molecule has 0 fully saturated rings. The van der Waals surface area contributed by atoms with Crippen LogP contribution in [0.4, 0.5) is 10.3 Å². The number of aromatic nitrogens is 2. The fourth-order valence-electron chi connectivity index (χ4n) is 1.68. The Morgan fingerprint density at radius 2 is 2.17 bits per heavy atom. The third-order valence-corrected chi connectivity index (χ3v) is 2.47. The summed E-state index contributed by atoms with van der Waals surface area (Å²) in [4.78, 5) is 4.23. The zero-order valence-electron chi connectivity index (χ0n) is 10.6. The quantitative estimate of drug-likeness (QED) is 0.905. The van der Waals surface area contributed by atoms with Crippen molar-refractivity contribution in [1.29, 1.82) is 0 Å². The number of hydrogen-bond donors (Lipinski definition) is 1. The zero-order chi connectivity index (χ0) is 13.1. The van der Waals surface area contributed by atoms with Crippen molar-refractivity contribution in [2.75, 3.05) is 12.4 Å². The van der Waals surface area contributed by atoms with Crippen LogP contribution in [0.25, 0.3) is 5.69 Å². The van der Waals surface area contributed by atoms with Gasteiger partial charge in [-0.15, -0.1) is 0 Å². The van der Waals surface area contributed by atoms with Gasteiger partial charge in [-0.2, -0.15) is 0 Å². The third-order valence-electron chi connectivity index (χ3n) is 2.47. The van der Waals surface area contributed by atoms with Crippen LogP contribution < -0.4 is 10.1 Å².